The standard InChI is InChI=1S/C11H9ClN4O2/c1-13-11-14-5-4-9(15-11)7-2-3-8(12)10(6-7)16(17)18/h2-6H,1H3,(H,13,14,15). The summed E-state index contributed by atoms with van der Waals surface area (Å²) in [6, 6.07) is 6.23. The predicted molar refractivity (Wildman–Crippen MR) is 68.7 cm³/mol. The normalized spacial score (nSPS) is 10.1. The number of rotatable bonds is 3. The first-order chi connectivity index (χ1) is 8.61. The molecule has 0 amide bonds. The van der Waals surface area contributed by atoms with Gasteiger partial charge in [-0.1, -0.05) is 17.7 Å². The van der Waals surface area contributed by atoms with Crippen LogP contribution in [0.25, 0.3) is 11.3 Å². The van der Waals surface area contributed by atoms with Crippen LogP contribution in [0.15, 0.2) is 30.5 Å². The summed E-state index contributed by atoms with van der Waals surface area (Å²) in [6.45, 7) is 0. The zero-order valence-corrected chi connectivity index (χ0v) is 10.2. The summed E-state index contributed by atoms with van der Waals surface area (Å²) in [5.41, 5.74) is 1.07. The third kappa shape index (κ3) is 2.38. The Labute approximate surface area is 108 Å². The molecular weight excluding hydrogens is 256 g/mol. The third-order valence-corrected chi connectivity index (χ3v) is 2.64. The van der Waals surface area contributed by atoms with Gasteiger partial charge in [0, 0.05) is 24.9 Å². The fourth-order valence-corrected chi connectivity index (χ4v) is 1.64. The molecule has 1 aromatic heterocycles. The van der Waals surface area contributed by atoms with Gasteiger partial charge in [0.2, 0.25) is 5.95 Å². The number of benzene rings is 1. The Morgan fingerprint density at radius 1 is 1.39 bits per heavy atom. The number of nitrogens with zero attached hydrogens (tertiary/aromatic N) is 3. The van der Waals surface area contributed by atoms with E-state index in [9.17, 15) is 10.1 Å². The maximum atomic E-state index is 10.8. The van der Waals surface area contributed by atoms with Crippen molar-refractivity contribution < 1.29 is 4.92 Å². The van der Waals surface area contributed by atoms with E-state index in [-0.39, 0.29) is 10.7 Å². The third-order valence-electron chi connectivity index (χ3n) is 2.32. The number of halogens is 1. The van der Waals surface area contributed by atoms with Gasteiger partial charge in [0.05, 0.1) is 10.6 Å². The van der Waals surface area contributed by atoms with Crippen LogP contribution in [0.4, 0.5) is 11.6 Å². The summed E-state index contributed by atoms with van der Waals surface area (Å²) in [4.78, 5) is 18.5. The van der Waals surface area contributed by atoms with E-state index in [0.29, 0.717) is 17.2 Å². The molecule has 0 aliphatic heterocycles. The molecule has 0 aliphatic carbocycles. The molecule has 92 valence electrons. The van der Waals surface area contributed by atoms with Gasteiger partial charge in [-0.25, -0.2) is 9.97 Å². The lowest BCUT2D eigenvalue weighted by molar-refractivity contribution is -0.384. The Balaban J connectivity index is 2.50. The number of aromatic nitrogens is 2. The Bertz CT molecular complexity index is 603. The minimum absolute atomic E-state index is 0.103. The molecule has 0 atom stereocenters. The number of hydrogen-bond acceptors (Lipinski definition) is 5. The summed E-state index contributed by atoms with van der Waals surface area (Å²) < 4.78 is 0. The average Bonchev–Trinajstić information content (AvgIpc) is 2.39. The van der Waals surface area contributed by atoms with E-state index in [4.69, 9.17) is 11.6 Å². The molecule has 1 aromatic carbocycles. The van der Waals surface area contributed by atoms with Crippen molar-refractivity contribution in [3.05, 3.63) is 45.6 Å². The molecule has 1 heterocycles. The Kier molecular flexibility index (Phi) is 3.38. The van der Waals surface area contributed by atoms with Crippen molar-refractivity contribution in [3.63, 3.8) is 0 Å². The van der Waals surface area contributed by atoms with Gasteiger partial charge in [-0.3, -0.25) is 10.1 Å². The van der Waals surface area contributed by atoms with E-state index in [1.165, 1.54) is 12.1 Å². The number of anilines is 1. The Morgan fingerprint density at radius 2 is 2.17 bits per heavy atom. The first kappa shape index (κ1) is 12.3. The van der Waals surface area contributed by atoms with Gasteiger partial charge in [0.1, 0.15) is 5.02 Å². The van der Waals surface area contributed by atoms with E-state index < -0.39 is 4.92 Å². The van der Waals surface area contributed by atoms with Gasteiger partial charge in [0.25, 0.3) is 5.69 Å². The van der Waals surface area contributed by atoms with E-state index in [2.05, 4.69) is 15.3 Å². The van der Waals surface area contributed by atoms with Crippen LogP contribution < -0.4 is 5.32 Å². The van der Waals surface area contributed by atoms with Crippen molar-refractivity contribution in [2.24, 2.45) is 0 Å². The first-order valence-electron chi connectivity index (χ1n) is 5.07. The Hall–Kier alpha value is -2.21. The van der Waals surface area contributed by atoms with E-state index in [1.807, 2.05) is 0 Å². The minimum atomic E-state index is -0.522. The molecule has 1 N–H and O–H groups in total. The van der Waals surface area contributed by atoms with Crippen LogP contribution in [0.5, 0.6) is 0 Å². The van der Waals surface area contributed by atoms with Gasteiger partial charge in [-0.15, -0.1) is 0 Å². The monoisotopic (exact) mass is 264 g/mol. The molecule has 0 aliphatic rings. The highest BCUT2D eigenvalue weighted by atomic mass is 35.5. The van der Waals surface area contributed by atoms with Gasteiger partial charge in [-0.2, -0.15) is 0 Å². The molecule has 7 heteroatoms. The van der Waals surface area contributed by atoms with Crippen molar-refractivity contribution in [1.82, 2.24) is 9.97 Å². The summed E-state index contributed by atoms with van der Waals surface area (Å²) >= 11 is 5.75. The molecule has 0 saturated heterocycles. The maximum absolute atomic E-state index is 10.8. The lowest BCUT2D eigenvalue weighted by Gasteiger charge is -2.03. The van der Waals surface area contributed by atoms with Crippen LogP contribution in [-0.2, 0) is 0 Å². The molecular formula is C11H9ClN4O2. The van der Waals surface area contributed by atoms with Crippen LogP contribution in [0.2, 0.25) is 5.02 Å². The van der Waals surface area contributed by atoms with E-state index in [1.54, 1.807) is 25.4 Å². The summed E-state index contributed by atoms with van der Waals surface area (Å²) in [5.74, 6) is 0.449. The molecule has 0 bridgehead atoms. The van der Waals surface area contributed by atoms with Crippen molar-refractivity contribution in [2.75, 3.05) is 12.4 Å². The number of nitro groups is 1. The largest absolute Gasteiger partial charge is 0.357 e. The average molecular weight is 265 g/mol. The highest BCUT2D eigenvalue weighted by Gasteiger charge is 2.14. The summed E-state index contributed by atoms with van der Waals surface area (Å²) in [6.07, 6.45) is 1.58. The van der Waals surface area contributed by atoms with Gasteiger partial charge in [-0.05, 0) is 12.1 Å². The van der Waals surface area contributed by atoms with Crippen LogP contribution in [-0.4, -0.2) is 21.9 Å². The van der Waals surface area contributed by atoms with E-state index >= 15 is 0 Å². The smallest absolute Gasteiger partial charge is 0.288 e. The maximum Gasteiger partial charge on any atom is 0.288 e. The zero-order chi connectivity index (χ0) is 13.1. The Morgan fingerprint density at radius 3 is 2.83 bits per heavy atom. The van der Waals surface area contributed by atoms with Crippen molar-refractivity contribution in [2.45, 2.75) is 0 Å². The second-order valence-corrected chi connectivity index (χ2v) is 3.85. The van der Waals surface area contributed by atoms with Gasteiger partial charge in [0.15, 0.2) is 0 Å². The quantitative estimate of drug-likeness (QED) is 0.681. The molecule has 0 saturated carbocycles. The number of hydrogen-bond donors (Lipinski definition) is 1. The van der Waals surface area contributed by atoms with Crippen molar-refractivity contribution in [1.29, 1.82) is 0 Å². The van der Waals surface area contributed by atoms with Crippen LogP contribution >= 0.6 is 11.6 Å². The number of nitrogens with one attached hydrogen (secondary N) is 1. The van der Waals surface area contributed by atoms with Crippen molar-refractivity contribution >= 4 is 23.2 Å². The molecule has 0 radical (unpaired) electrons. The van der Waals surface area contributed by atoms with Crippen LogP contribution in [0.3, 0.4) is 0 Å². The first-order valence-corrected chi connectivity index (χ1v) is 5.44. The zero-order valence-electron chi connectivity index (χ0n) is 9.42. The summed E-state index contributed by atoms with van der Waals surface area (Å²) in [7, 11) is 1.70. The molecule has 6 nitrogen and oxygen atoms in total. The number of nitro benzene ring substituents is 1. The van der Waals surface area contributed by atoms with Crippen LogP contribution in [0, 0.1) is 10.1 Å². The van der Waals surface area contributed by atoms with E-state index in [0.717, 1.165) is 0 Å². The second-order valence-electron chi connectivity index (χ2n) is 3.44. The van der Waals surface area contributed by atoms with Crippen LogP contribution in [0.1, 0.15) is 0 Å². The molecule has 18 heavy (non-hydrogen) atoms. The molecule has 0 unspecified atom stereocenters. The molecule has 0 fully saturated rings. The lowest BCUT2D eigenvalue weighted by Crippen LogP contribution is -1.97. The summed E-state index contributed by atoms with van der Waals surface area (Å²) in [5, 5.41) is 13.7. The SMILES string of the molecule is CNc1nccc(-c2ccc(Cl)c([N+](=O)[O-])c2)n1. The fourth-order valence-electron chi connectivity index (χ4n) is 1.45. The topological polar surface area (TPSA) is 81.0 Å². The highest BCUT2D eigenvalue weighted by Crippen LogP contribution is 2.29. The van der Waals surface area contributed by atoms with Gasteiger partial charge < -0.3 is 5.32 Å². The van der Waals surface area contributed by atoms with Gasteiger partial charge >= 0.3 is 0 Å². The second kappa shape index (κ2) is 4.97. The molecule has 2 rings (SSSR count). The fraction of sp³-hybridized carbons (Fsp3) is 0.0909. The highest BCUT2D eigenvalue weighted by molar-refractivity contribution is 6.32. The predicted octanol–water partition coefficient (Wildman–Crippen LogP) is 2.75. The molecule has 2 aromatic rings. The van der Waals surface area contributed by atoms with Crippen molar-refractivity contribution in [3.8, 4) is 11.3 Å². The minimum Gasteiger partial charge on any atom is -0.357 e. The lowest BCUT2D eigenvalue weighted by atomic mass is 10.1. The molecule has 0 spiro atoms.